The molecule has 1 rings (SSSR count). The Bertz CT molecular complexity index is 384. The smallest absolute Gasteiger partial charge is 0.0976 e. The van der Waals surface area contributed by atoms with Crippen molar-refractivity contribution in [2.75, 3.05) is 0 Å². The van der Waals surface area contributed by atoms with Gasteiger partial charge in [-0.15, -0.1) is 6.58 Å². The second kappa shape index (κ2) is 6.07. The maximum absolute atomic E-state index is 12.1. The monoisotopic (exact) mass is 252 g/mol. The summed E-state index contributed by atoms with van der Waals surface area (Å²) in [4.78, 5) is 4.08. The average Bonchev–Trinajstić information content (AvgIpc) is 2.28. The number of hydrogen-bond acceptors (Lipinski definition) is 2. The molecule has 0 saturated carbocycles. The van der Waals surface area contributed by atoms with Crippen LogP contribution in [0.5, 0.6) is 0 Å². The van der Waals surface area contributed by atoms with Crippen molar-refractivity contribution in [3.05, 3.63) is 42.7 Å². The van der Waals surface area contributed by atoms with Crippen molar-refractivity contribution in [2.24, 2.45) is 0 Å². The van der Waals surface area contributed by atoms with Crippen molar-refractivity contribution in [3.8, 4) is 0 Å². The third-order valence-electron chi connectivity index (χ3n) is 2.29. The number of pyridine rings is 1. The summed E-state index contributed by atoms with van der Waals surface area (Å²) in [6, 6.07) is 3.86. The molecule has 0 saturated heterocycles. The zero-order valence-corrected chi connectivity index (χ0v) is 11.5. The molecule has 0 aliphatic heterocycles. The van der Waals surface area contributed by atoms with Gasteiger partial charge in [0.05, 0.1) is 15.7 Å². The van der Waals surface area contributed by atoms with Crippen LogP contribution >= 0.6 is 0 Å². The maximum atomic E-state index is 12.1. The zero-order valence-electron chi connectivity index (χ0n) is 10.6. The fourth-order valence-corrected chi connectivity index (χ4v) is 2.15. The number of aromatic nitrogens is 1. The van der Waals surface area contributed by atoms with Gasteiger partial charge in [-0.2, -0.15) is 0 Å². The third kappa shape index (κ3) is 4.40. The normalized spacial score (nSPS) is 15.2. The Kier molecular flexibility index (Phi) is 5.02. The van der Waals surface area contributed by atoms with E-state index < -0.39 is 11.0 Å². The van der Waals surface area contributed by atoms with Gasteiger partial charge in [-0.1, -0.05) is 12.1 Å². The van der Waals surface area contributed by atoms with Gasteiger partial charge in [-0.05, 0) is 38.8 Å². The molecular weight excluding hydrogens is 232 g/mol. The van der Waals surface area contributed by atoms with Crippen LogP contribution in [-0.2, 0) is 11.0 Å². The third-order valence-corrected chi connectivity index (χ3v) is 3.91. The minimum absolute atomic E-state index is 0.00117. The van der Waals surface area contributed by atoms with Gasteiger partial charge in [-0.25, -0.2) is 8.93 Å². The summed E-state index contributed by atoms with van der Waals surface area (Å²) in [5, 5.41) is 0. The van der Waals surface area contributed by atoms with Crippen LogP contribution in [0.2, 0.25) is 0 Å². The molecule has 0 radical (unpaired) electrons. The van der Waals surface area contributed by atoms with E-state index in [1.165, 1.54) is 0 Å². The highest BCUT2D eigenvalue weighted by atomic mass is 32.2. The van der Waals surface area contributed by atoms with Crippen molar-refractivity contribution >= 4 is 11.0 Å². The predicted octanol–water partition coefficient (Wildman–Crippen LogP) is 2.75. The van der Waals surface area contributed by atoms with Crippen LogP contribution in [-0.4, -0.2) is 13.9 Å². The SMILES string of the molecule is C=CC[C@@H](NS(=O)C(C)(C)C)c1cccnc1. The minimum Gasteiger partial charge on any atom is -0.264 e. The summed E-state index contributed by atoms with van der Waals surface area (Å²) in [6.07, 6.45) is 6.08. The lowest BCUT2D eigenvalue weighted by Gasteiger charge is -2.23. The first-order valence-corrected chi connectivity index (χ1v) is 6.79. The second-order valence-electron chi connectivity index (χ2n) is 4.86. The summed E-state index contributed by atoms with van der Waals surface area (Å²) < 4.78 is 14.9. The van der Waals surface area contributed by atoms with Gasteiger partial charge < -0.3 is 0 Å². The lowest BCUT2D eigenvalue weighted by molar-refractivity contribution is 0.601. The Morgan fingerprint density at radius 3 is 2.76 bits per heavy atom. The Labute approximate surface area is 106 Å². The molecule has 94 valence electrons. The van der Waals surface area contributed by atoms with Crippen molar-refractivity contribution in [3.63, 3.8) is 0 Å². The molecular formula is C13H20N2OS. The molecule has 1 N–H and O–H groups in total. The number of hydrogen-bond donors (Lipinski definition) is 1. The van der Waals surface area contributed by atoms with E-state index in [9.17, 15) is 4.21 Å². The molecule has 0 spiro atoms. The molecule has 0 fully saturated rings. The molecule has 0 aromatic carbocycles. The molecule has 4 heteroatoms. The van der Waals surface area contributed by atoms with E-state index >= 15 is 0 Å². The van der Waals surface area contributed by atoms with Crippen molar-refractivity contribution in [1.29, 1.82) is 0 Å². The highest BCUT2D eigenvalue weighted by molar-refractivity contribution is 7.84. The van der Waals surface area contributed by atoms with E-state index in [2.05, 4.69) is 16.3 Å². The molecule has 0 aliphatic carbocycles. The maximum Gasteiger partial charge on any atom is 0.0976 e. The van der Waals surface area contributed by atoms with Crippen LogP contribution in [0, 0.1) is 0 Å². The molecule has 1 aromatic rings. The van der Waals surface area contributed by atoms with Gasteiger partial charge in [0.2, 0.25) is 0 Å². The van der Waals surface area contributed by atoms with E-state index in [1.54, 1.807) is 12.4 Å². The second-order valence-corrected chi connectivity index (χ2v) is 6.86. The topological polar surface area (TPSA) is 42.0 Å². The summed E-state index contributed by atoms with van der Waals surface area (Å²) in [5.41, 5.74) is 1.03. The largest absolute Gasteiger partial charge is 0.264 e. The van der Waals surface area contributed by atoms with Crippen LogP contribution < -0.4 is 4.72 Å². The fourth-order valence-electron chi connectivity index (χ4n) is 1.31. The quantitative estimate of drug-likeness (QED) is 0.819. The summed E-state index contributed by atoms with van der Waals surface area (Å²) >= 11 is 0. The van der Waals surface area contributed by atoms with Gasteiger partial charge in [0.15, 0.2) is 0 Å². The van der Waals surface area contributed by atoms with Gasteiger partial charge in [0.25, 0.3) is 0 Å². The van der Waals surface area contributed by atoms with Crippen LogP contribution in [0.15, 0.2) is 37.2 Å². The van der Waals surface area contributed by atoms with Crippen molar-refractivity contribution in [2.45, 2.75) is 38.0 Å². The highest BCUT2D eigenvalue weighted by Crippen LogP contribution is 2.19. The fraction of sp³-hybridized carbons (Fsp3) is 0.462. The first-order valence-electron chi connectivity index (χ1n) is 5.64. The van der Waals surface area contributed by atoms with E-state index in [-0.39, 0.29) is 10.8 Å². The van der Waals surface area contributed by atoms with Gasteiger partial charge in [-0.3, -0.25) is 4.98 Å². The minimum atomic E-state index is -1.09. The molecule has 1 unspecified atom stereocenters. The van der Waals surface area contributed by atoms with E-state index in [4.69, 9.17) is 0 Å². The Morgan fingerprint density at radius 2 is 2.29 bits per heavy atom. The summed E-state index contributed by atoms with van der Waals surface area (Å²) in [7, 11) is -1.09. The van der Waals surface area contributed by atoms with Gasteiger partial charge in [0, 0.05) is 18.4 Å². The molecule has 1 aromatic heterocycles. The Balaban J connectivity index is 2.81. The zero-order chi connectivity index (χ0) is 12.9. The lowest BCUT2D eigenvalue weighted by atomic mass is 10.1. The summed E-state index contributed by atoms with van der Waals surface area (Å²) in [6.45, 7) is 9.58. The molecule has 0 aliphatic rings. The lowest BCUT2D eigenvalue weighted by Crippen LogP contribution is -2.35. The molecule has 3 nitrogen and oxygen atoms in total. The van der Waals surface area contributed by atoms with Crippen molar-refractivity contribution < 1.29 is 4.21 Å². The van der Waals surface area contributed by atoms with E-state index in [0.717, 1.165) is 12.0 Å². The Hall–Kier alpha value is -1.00. The first-order chi connectivity index (χ1) is 7.95. The Morgan fingerprint density at radius 1 is 1.59 bits per heavy atom. The van der Waals surface area contributed by atoms with E-state index in [1.807, 2.05) is 39.0 Å². The van der Waals surface area contributed by atoms with Crippen LogP contribution in [0.3, 0.4) is 0 Å². The van der Waals surface area contributed by atoms with E-state index in [0.29, 0.717) is 0 Å². The number of nitrogens with one attached hydrogen (secondary N) is 1. The molecule has 0 amide bonds. The van der Waals surface area contributed by atoms with Gasteiger partial charge >= 0.3 is 0 Å². The van der Waals surface area contributed by atoms with Crippen LogP contribution in [0.4, 0.5) is 0 Å². The molecule has 1 heterocycles. The predicted molar refractivity (Wildman–Crippen MR) is 72.8 cm³/mol. The summed E-state index contributed by atoms with van der Waals surface area (Å²) in [5.74, 6) is 0. The number of nitrogens with zero attached hydrogens (tertiary/aromatic N) is 1. The molecule has 0 bridgehead atoms. The molecule has 17 heavy (non-hydrogen) atoms. The molecule has 2 atom stereocenters. The van der Waals surface area contributed by atoms with Crippen LogP contribution in [0.25, 0.3) is 0 Å². The number of rotatable bonds is 5. The first kappa shape index (κ1) is 14.1. The average molecular weight is 252 g/mol. The van der Waals surface area contributed by atoms with Gasteiger partial charge in [0.1, 0.15) is 0 Å². The highest BCUT2D eigenvalue weighted by Gasteiger charge is 2.23. The van der Waals surface area contributed by atoms with Crippen LogP contribution in [0.1, 0.15) is 38.8 Å². The standard InChI is InChI=1S/C13H20N2OS/c1-5-7-12(11-8-6-9-14-10-11)15-17(16)13(2,3)4/h5-6,8-10,12,15H,1,7H2,2-4H3/t12-,17?/m1/s1. The van der Waals surface area contributed by atoms with Crippen molar-refractivity contribution in [1.82, 2.24) is 9.71 Å².